The molecular formula is C21H24F3N7O2. The van der Waals surface area contributed by atoms with Gasteiger partial charge in [0.1, 0.15) is 0 Å². The molecule has 0 atom stereocenters. The zero-order chi connectivity index (χ0) is 23.2. The van der Waals surface area contributed by atoms with Crippen LogP contribution >= 0.6 is 0 Å². The standard InChI is InChI=1S/C21H24F3N7O2/c1-33-20(32)17-12-31(27-26-17)11-16-10-30-9-15(14-2-3-14)8-18(19(30)25-16)29-6-4-28(5-7-29)13-21(22,23)24/h8-10,12,14H,2-7,11,13H2,1H3. The molecule has 0 spiro atoms. The quantitative estimate of drug-likeness (QED) is 0.519. The number of esters is 1. The largest absolute Gasteiger partial charge is 0.464 e. The number of nitrogens with zero attached hydrogens (tertiary/aromatic N) is 7. The summed E-state index contributed by atoms with van der Waals surface area (Å²) in [5.74, 6) is -0.0410. The van der Waals surface area contributed by atoms with E-state index in [4.69, 9.17) is 4.98 Å². The number of imidazole rings is 1. The van der Waals surface area contributed by atoms with E-state index < -0.39 is 18.7 Å². The fraction of sp³-hybridized carbons (Fsp3) is 0.524. The summed E-state index contributed by atoms with van der Waals surface area (Å²) >= 11 is 0. The van der Waals surface area contributed by atoms with Crippen molar-refractivity contribution in [3.05, 3.63) is 41.6 Å². The number of hydrogen-bond acceptors (Lipinski definition) is 7. The maximum absolute atomic E-state index is 12.8. The highest BCUT2D eigenvalue weighted by molar-refractivity contribution is 5.86. The Bertz CT molecular complexity index is 1160. The van der Waals surface area contributed by atoms with E-state index in [-0.39, 0.29) is 5.69 Å². The predicted octanol–water partition coefficient (Wildman–Crippen LogP) is 2.32. The topological polar surface area (TPSA) is 80.8 Å². The van der Waals surface area contributed by atoms with Crippen LogP contribution in [-0.4, -0.2) is 81.3 Å². The Balaban J connectivity index is 1.39. The average Bonchev–Trinajstić information content (AvgIpc) is 3.39. The molecule has 3 aromatic rings. The number of anilines is 1. The van der Waals surface area contributed by atoms with E-state index in [0.717, 1.165) is 29.9 Å². The fourth-order valence-electron chi connectivity index (χ4n) is 4.24. The molecule has 2 fully saturated rings. The number of ether oxygens (including phenoxy) is 1. The van der Waals surface area contributed by atoms with Crippen molar-refractivity contribution < 1.29 is 22.7 Å². The van der Waals surface area contributed by atoms with Gasteiger partial charge in [-0.05, 0) is 30.4 Å². The minimum atomic E-state index is -4.19. The molecule has 0 unspecified atom stereocenters. The Hall–Kier alpha value is -3.15. The van der Waals surface area contributed by atoms with Crippen LogP contribution in [0.25, 0.3) is 5.65 Å². The number of carbonyl (C=O) groups excluding carboxylic acids is 1. The Labute approximate surface area is 187 Å². The molecule has 0 bridgehead atoms. The zero-order valence-electron chi connectivity index (χ0n) is 18.1. The summed E-state index contributed by atoms with van der Waals surface area (Å²) in [4.78, 5) is 20.0. The van der Waals surface area contributed by atoms with Crippen LogP contribution in [0.15, 0.2) is 24.7 Å². The highest BCUT2D eigenvalue weighted by atomic mass is 19.4. The smallest absolute Gasteiger partial charge is 0.401 e. The first kappa shape index (κ1) is 21.7. The van der Waals surface area contributed by atoms with Crippen LogP contribution in [0.4, 0.5) is 18.9 Å². The van der Waals surface area contributed by atoms with Crippen LogP contribution in [-0.2, 0) is 11.3 Å². The number of aromatic nitrogens is 5. The van der Waals surface area contributed by atoms with Gasteiger partial charge in [-0.25, -0.2) is 14.5 Å². The molecule has 33 heavy (non-hydrogen) atoms. The Morgan fingerprint density at radius 2 is 1.91 bits per heavy atom. The molecule has 4 heterocycles. The number of methoxy groups -OCH3 is 1. The molecule has 0 N–H and O–H groups in total. The van der Waals surface area contributed by atoms with E-state index in [1.807, 2.05) is 10.6 Å². The minimum Gasteiger partial charge on any atom is -0.464 e. The number of carbonyl (C=O) groups is 1. The van der Waals surface area contributed by atoms with Gasteiger partial charge in [-0.1, -0.05) is 5.21 Å². The van der Waals surface area contributed by atoms with E-state index in [0.29, 0.717) is 38.6 Å². The van der Waals surface area contributed by atoms with Crippen LogP contribution in [0.5, 0.6) is 0 Å². The van der Waals surface area contributed by atoms with Crippen LogP contribution in [0, 0.1) is 0 Å². The van der Waals surface area contributed by atoms with Crippen LogP contribution in [0.1, 0.15) is 40.5 Å². The third kappa shape index (κ3) is 4.80. The first-order chi connectivity index (χ1) is 15.8. The monoisotopic (exact) mass is 463 g/mol. The summed E-state index contributed by atoms with van der Waals surface area (Å²) in [6.45, 7) is 1.16. The van der Waals surface area contributed by atoms with Gasteiger partial charge in [0.25, 0.3) is 0 Å². The van der Waals surface area contributed by atoms with E-state index in [9.17, 15) is 18.0 Å². The normalized spacial score (nSPS) is 17.6. The second-order valence-corrected chi connectivity index (χ2v) is 8.57. The van der Waals surface area contributed by atoms with E-state index in [1.54, 1.807) is 0 Å². The number of piperazine rings is 1. The van der Waals surface area contributed by atoms with Crippen molar-refractivity contribution in [2.24, 2.45) is 0 Å². The molecule has 0 amide bonds. The number of hydrogen-bond donors (Lipinski definition) is 0. The maximum atomic E-state index is 12.8. The molecule has 9 nitrogen and oxygen atoms in total. The van der Waals surface area contributed by atoms with Crippen molar-refractivity contribution in [1.82, 2.24) is 29.3 Å². The number of fused-ring (bicyclic) bond motifs is 1. The van der Waals surface area contributed by atoms with Crippen molar-refractivity contribution in [1.29, 1.82) is 0 Å². The molecule has 1 saturated heterocycles. The number of alkyl halides is 3. The third-order valence-electron chi connectivity index (χ3n) is 6.02. The van der Waals surface area contributed by atoms with Gasteiger partial charge in [0.15, 0.2) is 11.3 Å². The van der Waals surface area contributed by atoms with Crippen LogP contribution < -0.4 is 4.90 Å². The molecule has 3 aromatic heterocycles. The molecule has 0 radical (unpaired) electrons. The summed E-state index contributed by atoms with van der Waals surface area (Å²) in [5.41, 5.74) is 3.77. The molecule has 0 aromatic carbocycles. The number of pyridine rings is 1. The van der Waals surface area contributed by atoms with Gasteiger partial charge >= 0.3 is 12.1 Å². The van der Waals surface area contributed by atoms with Gasteiger partial charge in [-0.15, -0.1) is 5.10 Å². The predicted molar refractivity (Wildman–Crippen MR) is 112 cm³/mol. The Morgan fingerprint density at radius 3 is 2.58 bits per heavy atom. The fourth-order valence-corrected chi connectivity index (χ4v) is 4.24. The van der Waals surface area contributed by atoms with Crippen molar-refractivity contribution >= 4 is 17.3 Å². The Kier molecular flexibility index (Phi) is 5.47. The lowest BCUT2D eigenvalue weighted by molar-refractivity contribution is -0.146. The van der Waals surface area contributed by atoms with Crippen molar-refractivity contribution in [3.63, 3.8) is 0 Å². The second-order valence-electron chi connectivity index (χ2n) is 8.57. The van der Waals surface area contributed by atoms with Crippen molar-refractivity contribution in [2.45, 2.75) is 31.5 Å². The highest BCUT2D eigenvalue weighted by Gasteiger charge is 2.33. The lowest BCUT2D eigenvalue weighted by atomic mass is 10.1. The summed E-state index contributed by atoms with van der Waals surface area (Å²) in [7, 11) is 1.28. The first-order valence-corrected chi connectivity index (χ1v) is 10.8. The number of halogens is 3. The van der Waals surface area contributed by atoms with Gasteiger partial charge in [-0.3, -0.25) is 4.90 Å². The third-order valence-corrected chi connectivity index (χ3v) is 6.02. The molecule has 1 aliphatic carbocycles. The molecule has 176 valence electrons. The lowest BCUT2D eigenvalue weighted by Crippen LogP contribution is -2.49. The summed E-state index contributed by atoms with van der Waals surface area (Å²) in [6, 6.07) is 2.13. The molecule has 1 saturated carbocycles. The zero-order valence-corrected chi connectivity index (χ0v) is 18.1. The lowest BCUT2D eigenvalue weighted by Gasteiger charge is -2.36. The maximum Gasteiger partial charge on any atom is 0.401 e. The minimum absolute atomic E-state index is 0.120. The van der Waals surface area contributed by atoms with Gasteiger partial charge < -0.3 is 14.0 Å². The molecule has 12 heteroatoms. The van der Waals surface area contributed by atoms with Crippen molar-refractivity contribution in [3.8, 4) is 0 Å². The first-order valence-electron chi connectivity index (χ1n) is 10.8. The van der Waals surface area contributed by atoms with Crippen LogP contribution in [0.2, 0.25) is 0 Å². The summed E-state index contributed by atoms with van der Waals surface area (Å²) in [6.07, 6.45) is 3.60. The molecule has 2 aliphatic rings. The van der Waals surface area contributed by atoms with Gasteiger partial charge in [-0.2, -0.15) is 13.2 Å². The Morgan fingerprint density at radius 1 is 1.15 bits per heavy atom. The molecular weight excluding hydrogens is 439 g/mol. The second kappa shape index (κ2) is 8.32. The SMILES string of the molecule is COC(=O)c1cn(Cc2cn3cc(C4CC4)cc(N4CCN(CC(F)(F)F)CC4)c3n2)nn1. The summed E-state index contributed by atoms with van der Waals surface area (Å²) < 4.78 is 46.4. The van der Waals surface area contributed by atoms with E-state index in [2.05, 4.69) is 32.2 Å². The molecule has 1 aliphatic heterocycles. The average molecular weight is 463 g/mol. The van der Waals surface area contributed by atoms with E-state index >= 15 is 0 Å². The van der Waals surface area contributed by atoms with Gasteiger partial charge in [0.2, 0.25) is 0 Å². The molecule has 5 rings (SSSR count). The highest BCUT2D eigenvalue weighted by Crippen LogP contribution is 2.42. The van der Waals surface area contributed by atoms with Gasteiger partial charge in [0.05, 0.1) is 37.8 Å². The van der Waals surface area contributed by atoms with Gasteiger partial charge in [0, 0.05) is 38.6 Å². The van der Waals surface area contributed by atoms with E-state index in [1.165, 1.54) is 28.5 Å². The summed E-state index contributed by atoms with van der Waals surface area (Å²) in [5, 5.41) is 7.78. The van der Waals surface area contributed by atoms with Crippen molar-refractivity contribution in [2.75, 3.05) is 44.7 Å². The van der Waals surface area contributed by atoms with Crippen LogP contribution in [0.3, 0.4) is 0 Å². The number of rotatable bonds is 6.